The van der Waals surface area contributed by atoms with Crippen LogP contribution in [0.3, 0.4) is 0 Å². The largest absolute Gasteiger partial charge is 0.481 e. The highest BCUT2D eigenvalue weighted by atomic mass is 19.4. The lowest BCUT2D eigenvalue weighted by molar-refractivity contribution is -0.138. The first-order valence-electron chi connectivity index (χ1n) is 13.4. The number of carboxylic acid groups (broad SMARTS) is 1. The molecule has 3 aromatic rings. The number of amides is 3. The summed E-state index contributed by atoms with van der Waals surface area (Å²) < 4.78 is 40.0. The number of carbonyl (C=O) groups is 3. The van der Waals surface area contributed by atoms with E-state index in [0.29, 0.717) is 16.8 Å². The Morgan fingerprint density at radius 1 is 0.952 bits per heavy atom. The number of anilines is 3. The zero-order chi connectivity index (χ0) is 30.3. The monoisotopic (exact) mass is 580 g/mol. The molecule has 0 radical (unpaired) electrons. The Bertz CT molecular complexity index is 1470. The highest BCUT2D eigenvalue weighted by molar-refractivity contribution is 6.02. The Labute approximate surface area is 241 Å². The topological polar surface area (TPSA) is 125 Å². The number of aliphatic carboxylic acids is 1. The van der Waals surface area contributed by atoms with Crippen molar-refractivity contribution in [3.8, 4) is 0 Å². The van der Waals surface area contributed by atoms with Crippen LogP contribution in [0.1, 0.15) is 59.2 Å². The van der Waals surface area contributed by atoms with Gasteiger partial charge in [0.25, 0.3) is 5.91 Å². The third-order valence-electron chi connectivity index (χ3n) is 6.80. The average Bonchev–Trinajstić information content (AvgIpc) is 2.96. The van der Waals surface area contributed by atoms with Gasteiger partial charge in [0.05, 0.1) is 18.5 Å². The number of nitrogens with one attached hydrogen (secondary N) is 2. The second-order valence-corrected chi connectivity index (χ2v) is 9.98. The van der Waals surface area contributed by atoms with Gasteiger partial charge >= 0.3 is 18.2 Å². The number of nitrogens with zero attached hydrogens (tertiary/aromatic N) is 1. The molecular formula is C31H31F3N4O4. The molecular weight excluding hydrogens is 549 g/mol. The normalized spacial score (nSPS) is 13.2. The van der Waals surface area contributed by atoms with Crippen molar-refractivity contribution in [3.63, 3.8) is 0 Å². The highest BCUT2D eigenvalue weighted by Crippen LogP contribution is 2.33. The van der Waals surface area contributed by atoms with Gasteiger partial charge in [0.15, 0.2) is 0 Å². The summed E-state index contributed by atoms with van der Waals surface area (Å²) in [5.41, 5.74) is 8.21. The van der Waals surface area contributed by atoms with Gasteiger partial charge in [0, 0.05) is 29.2 Å². The summed E-state index contributed by atoms with van der Waals surface area (Å²) in [6.45, 7) is 0.0278. The number of alkyl halides is 3. The number of carbonyl (C=O) groups excluding carboxylic acids is 2. The summed E-state index contributed by atoms with van der Waals surface area (Å²) in [6, 6.07) is 16.0. The molecule has 0 saturated heterocycles. The predicted molar refractivity (Wildman–Crippen MR) is 155 cm³/mol. The van der Waals surface area contributed by atoms with Gasteiger partial charge in [0.2, 0.25) is 0 Å². The van der Waals surface area contributed by atoms with Crippen LogP contribution < -0.4 is 21.3 Å². The molecule has 3 amide bonds. The second-order valence-electron chi connectivity index (χ2n) is 9.98. The summed E-state index contributed by atoms with van der Waals surface area (Å²) in [6.07, 6.45) is 1.60. The molecule has 0 heterocycles. The second kappa shape index (κ2) is 13.2. The quantitative estimate of drug-likeness (QED) is 0.210. The third-order valence-corrected chi connectivity index (χ3v) is 6.80. The van der Waals surface area contributed by atoms with Crippen molar-refractivity contribution >= 4 is 40.5 Å². The molecule has 42 heavy (non-hydrogen) atoms. The number of hydrogen-bond donors (Lipinski definition) is 4. The highest BCUT2D eigenvalue weighted by Gasteiger charge is 2.31. The van der Waals surface area contributed by atoms with Gasteiger partial charge in [-0.15, -0.1) is 0 Å². The zero-order valence-corrected chi connectivity index (χ0v) is 22.7. The van der Waals surface area contributed by atoms with Gasteiger partial charge in [-0.2, -0.15) is 13.2 Å². The Morgan fingerprint density at radius 2 is 1.67 bits per heavy atom. The third kappa shape index (κ3) is 8.12. The molecule has 0 fully saturated rings. The number of allylic oxidation sites excluding steroid dienone is 2. The molecule has 0 atom stereocenters. The van der Waals surface area contributed by atoms with Gasteiger partial charge in [0.1, 0.15) is 0 Å². The number of carboxylic acids is 1. The maximum atomic E-state index is 13.5. The summed E-state index contributed by atoms with van der Waals surface area (Å²) >= 11 is 0. The van der Waals surface area contributed by atoms with Crippen molar-refractivity contribution in [1.82, 2.24) is 5.32 Å². The number of rotatable bonds is 9. The lowest BCUT2D eigenvalue weighted by Gasteiger charge is -2.24. The van der Waals surface area contributed by atoms with E-state index in [9.17, 15) is 27.6 Å². The van der Waals surface area contributed by atoms with E-state index in [1.807, 2.05) is 12.1 Å². The van der Waals surface area contributed by atoms with E-state index in [4.69, 9.17) is 10.8 Å². The molecule has 8 nitrogen and oxygen atoms in total. The van der Waals surface area contributed by atoms with Crippen LogP contribution in [0.25, 0.3) is 5.57 Å². The number of nitrogen functional groups attached to an aromatic ring is 1. The van der Waals surface area contributed by atoms with Crippen LogP contribution >= 0.6 is 0 Å². The van der Waals surface area contributed by atoms with Crippen molar-refractivity contribution in [2.75, 3.05) is 22.5 Å². The standard InChI is InChI=1S/C31H31F3N4O4/c32-31(33,34)24-16-25(35)18-26(17-24)37-30(42)38(27-12-10-22(11-13-27)21-4-2-1-3-5-21)19-20-6-8-23(9-7-20)29(41)36-15-14-28(39)40/h4,6-13,16-18H,1-3,5,14-15,19,35H2,(H,36,41)(H,37,42)(H,39,40). The van der Waals surface area contributed by atoms with Crippen molar-refractivity contribution in [3.05, 3.63) is 95.1 Å². The molecule has 5 N–H and O–H groups in total. The number of nitrogens with two attached hydrogens (primary N) is 1. The first-order valence-corrected chi connectivity index (χ1v) is 13.4. The van der Waals surface area contributed by atoms with Gasteiger partial charge < -0.3 is 21.5 Å². The molecule has 0 saturated carbocycles. The minimum Gasteiger partial charge on any atom is -0.481 e. The van der Waals surface area contributed by atoms with Gasteiger partial charge in [-0.05, 0) is 84.8 Å². The Hall–Kier alpha value is -4.80. The van der Waals surface area contributed by atoms with Crippen molar-refractivity contribution in [2.45, 2.75) is 44.8 Å². The number of hydrogen-bond acceptors (Lipinski definition) is 4. The molecule has 4 rings (SSSR count). The van der Waals surface area contributed by atoms with E-state index in [2.05, 4.69) is 16.7 Å². The maximum Gasteiger partial charge on any atom is 0.416 e. The van der Waals surface area contributed by atoms with E-state index in [0.717, 1.165) is 43.4 Å². The molecule has 220 valence electrons. The van der Waals surface area contributed by atoms with Crippen molar-refractivity contribution in [2.24, 2.45) is 0 Å². The summed E-state index contributed by atoms with van der Waals surface area (Å²) in [5, 5.41) is 13.8. The molecule has 3 aromatic carbocycles. The molecule has 0 aromatic heterocycles. The van der Waals surface area contributed by atoms with E-state index in [1.54, 1.807) is 36.4 Å². The van der Waals surface area contributed by atoms with Crippen LogP contribution in [0.2, 0.25) is 0 Å². The fourth-order valence-corrected chi connectivity index (χ4v) is 4.64. The van der Waals surface area contributed by atoms with Gasteiger partial charge in [-0.3, -0.25) is 14.5 Å². The predicted octanol–water partition coefficient (Wildman–Crippen LogP) is 6.69. The smallest absolute Gasteiger partial charge is 0.416 e. The average molecular weight is 581 g/mol. The summed E-state index contributed by atoms with van der Waals surface area (Å²) in [7, 11) is 0. The SMILES string of the molecule is Nc1cc(NC(=O)N(Cc2ccc(C(=O)NCCC(=O)O)cc2)c2ccc(C3=CCCCC3)cc2)cc(C(F)(F)F)c1. The summed E-state index contributed by atoms with van der Waals surface area (Å²) in [4.78, 5) is 37.9. The first kappa shape index (κ1) is 30.2. The van der Waals surface area contributed by atoms with Crippen molar-refractivity contribution in [1.29, 1.82) is 0 Å². The molecule has 1 aliphatic carbocycles. The van der Waals surface area contributed by atoms with E-state index < -0.39 is 29.6 Å². The lowest BCUT2D eigenvalue weighted by atomic mass is 9.93. The molecule has 0 unspecified atom stereocenters. The molecule has 1 aliphatic rings. The van der Waals surface area contributed by atoms with E-state index in [-0.39, 0.29) is 30.9 Å². The number of urea groups is 1. The molecule has 0 spiro atoms. The maximum absolute atomic E-state index is 13.5. The Kier molecular flexibility index (Phi) is 9.51. The first-order chi connectivity index (χ1) is 20.0. The van der Waals surface area contributed by atoms with Crippen LogP contribution in [0.5, 0.6) is 0 Å². The number of halogens is 3. The minimum absolute atomic E-state index is 0.0170. The molecule has 11 heteroatoms. The number of benzene rings is 3. The van der Waals surface area contributed by atoms with Crippen LogP contribution in [0.15, 0.2) is 72.8 Å². The van der Waals surface area contributed by atoms with Crippen LogP contribution in [0.4, 0.5) is 35.0 Å². The van der Waals surface area contributed by atoms with Crippen molar-refractivity contribution < 1.29 is 32.7 Å². The van der Waals surface area contributed by atoms with E-state index >= 15 is 0 Å². The fraction of sp³-hybridized carbons (Fsp3) is 0.258. The van der Waals surface area contributed by atoms with Gasteiger partial charge in [-0.1, -0.05) is 30.3 Å². The Balaban J connectivity index is 1.57. The summed E-state index contributed by atoms with van der Waals surface area (Å²) in [5.74, 6) is -1.47. The minimum atomic E-state index is -4.64. The zero-order valence-electron chi connectivity index (χ0n) is 22.7. The van der Waals surface area contributed by atoms with Crippen LogP contribution in [-0.4, -0.2) is 29.6 Å². The lowest BCUT2D eigenvalue weighted by Crippen LogP contribution is -2.34. The molecule has 0 aliphatic heterocycles. The van der Waals surface area contributed by atoms with Crippen LogP contribution in [0, 0.1) is 0 Å². The molecule has 0 bridgehead atoms. The van der Waals surface area contributed by atoms with E-state index in [1.165, 1.54) is 16.5 Å². The Morgan fingerprint density at radius 3 is 2.29 bits per heavy atom. The fourth-order valence-electron chi connectivity index (χ4n) is 4.64. The van der Waals surface area contributed by atoms with Crippen LogP contribution in [-0.2, 0) is 17.5 Å². The van der Waals surface area contributed by atoms with Gasteiger partial charge in [-0.25, -0.2) is 4.79 Å².